The number of nitrogens with one attached hydrogen (secondary N) is 1. The molecule has 96 valence electrons. The van der Waals surface area contributed by atoms with Gasteiger partial charge in [-0.1, -0.05) is 35.8 Å². The summed E-state index contributed by atoms with van der Waals surface area (Å²) < 4.78 is 13.8. The van der Waals surface area contributed by atoms with Crippen LogP contribution in [0, 0.1) is 11.7 Å². The average Bonchev–Trinajstić information content (AvgIpc) is 2.26. The molecule has 0 fully saturated rings. The highest BCUT2D eigenvalue weighted by atomic mass is 79.9. The number of benzene rings is 1. The molecule has 1 N–H and O–H groups in total. The third-order valence-electron chi connectivity index (χ3n) is 2.98. The van der Waals surface area contributed by atoms with Crippen molar-refractivity contribution in [3.63, 3.8) is 0 Å². The molecule has 1 unspecified atom stereocenters. The highest BCUT2D eigenvalue weighted by Crippen LogP contribution is 2.21. The number of hydrogen-bond acceptors (Lipinski definition) is 1. The van der Waals surface area contributed by atoms with Gasteiger partial charge in [-0.05, 0) is 49.9 Å². The van der Waals surface area contributed by atoms with Crippen LogP contribution in [-0.4, -0.2) is 13.1 Å². The molecular formula is C14H21BrFN. The zero-order valence-corrected chi connectivity index (χ0v) is 12.3. The molecular weight excluding hydrogens is 281 g/mol. The fourth-order valence-electron chi connectivity index (χ4n) is 1.84. The lowest BCUT2D eigenvalue weighted by Crippen LogP contribution is -2.28. The normalized spacial score (nSPS) is 13.1. The molecule has 0 aliphatic heterocycles. The number of halogens is 2. The van der Waals surface area contributed by atoms with Crippen molar-refractivity contribution < 1.29 is 4.39 Å². The summed E-state index contributed by atoms with van der Waals surface area (Å²) in [5, 5.41) is 3.33. The summed E-state index contributed by atoms with van der Waals surface area (Å²) in [6.07, 6.45) is 3.30. The van der Waals surface area contributed by atoms with E-state index in [1.54, 1.807) is 0 Å². The van der Waals surface area contributed by atoms with Crippen molar-refractivity contribution in [3.8, 4) is 0 Å². The topological polar surface area (TPSA) is 12.0 Å². The van der Waals surface area contributed by atoms with Gasteiger partial charge >= 0.3 is 0 Å². The Balaban J connectivity index is 2.60. The van der Waals surface area contributed by atoms with Crippen LogP contribution in [0.25, 0.3) is 0 Å². The molecule has 0 aliphatic rings. The molecule has 0 aliphatic carbocycles. The first-order valence-corrected chi connectivity index (χ1v) is 6.93. The van der Waals surface area contributed by atoms with E-state index in [0.717, 1.165) is 28.8 Å². The number of hydrogen-bond donors (Lipinski definition) is 1. The second kappa shape index (κ2) is 7.12. The average molecular weight is 302 g/mol. The van der Waals surface area contributed by atoms with Gasteiger partial charge in [0.2, 0.25) is 0 Å². The Bertz CT molecular complexity index is 352. The summed E-state index contributed by atoms with van der Waals surface area (Å²) in [4.78, 5) is 0. The van der Waals surface area contributed by atoms with Crippen molar-refractivity contribution >= 4 is 15.9 Å². The minimum absolute atomic E-state index is 0.191. The van der Waals surface area contributed by atoms with E-state index in [0.29, 0.717) is 6.04 Å². The molecule has 0 bridgehead atoms. The van der Waals surface area contributed by atoms with Gasteiger partial charge in [0, 0.05) is 10.5 Å². The van der Waals surface area contributed by atoms with Gasteiger partial charge in [-0.25, -0.2) is 4.39 Å². The molecule has 17 heavy (non-hydrogen) atoms. The van der Waals surface area contributed by atoms with Gasteiger partial charge in [0.25, 0.3) is 0 Å². The first kappa shape index (κ1) is 14.7. The van der Waals surface area contributed by atoms with Crippen molar-refractivity contribution in [2.45, 2.75) is 39.2 Å². The molecule has 0 radical (unpaired) electrons. The quantitative estimate of drug-likeness (QED) is 0.832. The van der Waals surface area contributed by atoms with Crippen molar-refractivity contribution in [2.24, 2.45) is 5.92 Å². The monoisotopic (exact) mass is 301 g/mol. The van der Waals surface area contributed by atoms with Crippen molar-refractivity contribution in [1.82, 2.24) is 5.32 Å². The summed E-state index contributed by atoms with van der Waals surface area (Å²) >= 11 is 3.42. The highest BCUT2D eigenvalue weighted by Gasteiger charge is 2.10. The maximum absolute atomic E-state index is 13.0. The Kier molecular flexibility index (Phi) is 6.14. The van der Waals surface area contributed by atoms with E-state index >= 15 is 0 Å². The largest absolute Gasteiger partial charge is 0.317 e. The summed E-state index contributed by atoms with van der Waals surface area (Å²) in [6.45, 7) is 4.47. The first-order chi connectivity index (χ1) is 8.02. The van der Waals surface area contributed by atoms with Gasteiger partial charge in [-0.2, -0.15) is 0 Å². The van der Waals surface area contributed by atoms with Crippen LogP contribution in [0.15, 0.2) is 22.7 Å². The Hall–Kier alpha value is -0.410. The lowest BCUT2D eigenvalue weighted by Gasteiger charge is -2.18. The van der Waals surface area contributed by atoms with Crippen LogP contribution in [0.1, 0.15) is 32.3 Å². The SMILES string of the molecule is CNC(CCC(C)C)Cc1ccc(F)cc1Br. The van der Waals surface area contributed by atoms with Crippen LogP contribution in [0.2, 0.25) is 0 Å². The van der Waals surface area contributed by atoms with E-state index in [2.05, 4.69) is 35.1 Å². The lowest BCUT2D eigenvalue weighted by atomic mass is 9.98. The lowest BCUT2D eigenvalue weighted by molar-refractivity contribution is 0.450. The van der Waals surface area contributed by atoms with E-state index in [-0.39, 0.29) is 5.82 Å². The van der Waals surface area contributed by atoms with E-state index in [1.807, 2.05) is 13.1 Å². The fraction of sp³-hybridized carbons (Fsp3) is 0.571. The van der Waals surface area contributed by atoms with Gasteiger partial charge in [0.15, 0.2) is 0 Å². The number of likely N-dealkylation sites (N-methyl/N-ethyl adjacent to an activating group) is 1. The van der Waals surface area contributed by atoms with Crippen molar-refractivity contribution in [2.75, 3.05) is 7.05 Å². The third kappa shape index (κ3) is 5.17. The maximum Gasteiger partial charge on any atom is 0.124 e. The van der Waals surface area contributed by atoms with Crippen LogP contribution in [-0.2, 0) is 6.42 Å². The predicted octanol–water partition coefficient (Wildman–Crippen LogP) is 4.15. The first-order valence-electron chi connectivity index (χ1n) is 6.14. The van der Waals surface area contributed by atoms with Crippen LogP contribution < -0.4 is 5.32 Å². The zero-order chi connectivity index (χ0) is 12.8. The van der Waals surface area contributed by atoms with Gasteiger partial charge in [0.05, 0.1) is 0 Å². The standard InChI is InChI=1S/C14H21BrFN/c1-10(2)4-7-13(17-3)8-11-5-6-12(16)9-14(11)15/h5-6,9-10,13,17H,4,7-8H2,1-3H3. The molecule has 1 rings (SSSR count). The van der Waals surface area contributed by atoms with Gasteiger partial charge < -0.3 is 5.32 Å². The second-order valence-corrected chi connectivity index (χ2v) is 5.75. The molecule has 1 aromatic carbocycles. The smallest absolute Gasteiger partial charge is 0.124 e. The Morgan fingerprint density at radius 1 is 1.29 bits per heavy atom. The van der Waals surface area contributed by atoms with E-state index in [9.17, 15) is 4.39 Å². The minimum Gasteiger partial charge on any atom is -0.317 e. The summed E-state index contributed by atoms with van der Waals surface area (Å²) in [5.74, 6) is 0.534. The molecule has 3 heteroatoms. The Morgan fingerprint density at radius 3 is 2.53 bits per heavy atom. The van der Waals surface area contributed by atoms with Gasteiger partial charge in [0.1, 0.15) is 5.82 Å². The van der Waals surface area contributed by atoms with Crippen LogP contribution >= 0.6 is 15.9 Å². The maximum atomic E-state index is 13.0. The molecule has 0 amide bonds. The second-order valence-electron chi connectivity index (χ2n) is 4.90. The third-order valence-corrected chi connectivity index (χ3v) is 3.72. The predicted molar refractivity (Wildman–Crippen MR) is 74.7 cm³/mol. The molecule has 0 saturated carbocycles. The highest BCUT2D eigenvalue weighted by molar-refractivity contribution is 9.10. The van der Waals surface area contributed by atoms with Gasteiger partial charge in [-0.15, -0.1) is 0 Å². The molecule has 0 heterocycles. The molecule has 0 spiro atoms. The van der Waals surface area contributed by atoms with Gasteiger partial charge in [-0.3, -0.25) is 0 Å². The minimum atomic E-state index is -0.191. The summed E-state index contributed by atoms with van der Waals surface area (Å²) in [7, 11) is 1.99. The Morgan fingerprint density at radius 2 is 2.00 bits per heavy atom. The molecule has 1 nitrogen and oxygen atoms in total. The van der Waals surface area contributed by atoms with Crippen LogP contribution in [0.5, 0.6) is 0 Å². The van der Waals surface area contributed by atoms with Crippen molar-refractivity contribution in [1.29, 1.82) is 0 Å². The molecule has 1 atom stereocenters. The Labute approximate surface area is 112 Å². The molecule has 0 saturated heterocycles. The summed E-state index contributed by atoms with van der Waals surface area (Å²) in [6, 6.07) is 5.37. The van der Waals surface area contributed by atoms with Crippen molar-refractivity contribution in [3.05, 3.63) is 34.1 Å². The van der Waals surface area contributed by atoms with Crippen LogP contribution in [0.4, 0.5) is 4.39 Å². The van der Waals surface area contributed by atoms with Crippen LogP contribution in [0.3, 0.4) is 0 Å². The van der Waals surface area contributed by atoms with E-state index in [4.69, 9.17) is 0 Å². The van der Waals surface area contributed by atoms with E-state index in [1.165, 1.54) is 18.6 Å². The fourth-order valence-corrected chi connectivity index (χ4v) is 2.35. The number of rotatable bonds is 6. The summed E-state index contributed by atoms with van der Waals surface area (Å²) in [5.41, 5.74) is 1.16. The van der Waals surface area contributed by atoms with E-state index < -0.39 is 0 Å². The molecule has 1 aromatic rings. The zero-order valence-electron chi connectivity index (χ0n) is 10.8. The molecule has 0 aromatic heterocycles.